The molecule has 0 spiro atoms. The lowest BCUT2D eigenvalue weighted by molar-refractivity contribution is 0.384. The van der Waals surface area contributed by atoms with Gasteiger partial charge in [0, 0.05) is 12.5 Å². The van der Waals surface area contributed by atoms with E-state index in [1.165, 1.54) is 24.3 Å². The minimum absolute atomic E-state index is 0.00314. The molecule has 0 saturated heterocycles. The second-order valence-electron chi connectivity index (χ2n) is 2.94. The quantitative estimate of drug-likeness (QED) is 0.756. The van der Waals surface area contributed by atoms with Gasteiger partial charge in [-0.25, -0.2) is 4.39 Å². The monoisotopic (exact) mass is 193 g/mol. The van der Waals surface area contributed by atoms with E-state index in [1.807, 2.05) is 0 Å². The number of hydrogen-bond donors (Lipinski definition) is 1. The molecule has 1 heterocycles. The second kappa shape index (κ2) is 3.14. The van der Waals surface area contributed by atoms with Crippen molar-refractivity contribution < 1.29 is 14.0 Å². The molecule has 0 unspecified atom stereocenters. The summed E-state index contributed by atoms with van der Waals surface area (Å²) < 4.78 is 17.4. The topological polar surface area (TPSA) is 46.3 Å². The Balaban J connectivity index is 2.49. The van der Waals surface area contributed by atoms with Gasteiger partial charge in [-0.15, -0.1) is 0 Å². The van der Waals surface area contributed by atoms with Crippen molar-refractivity contribution in [3.63, 3.8) is 0 Å². The lowest BCUT2D eigenvalue weighted by Crippen LogP contribution is -1.79. The summed E-state index contributed by atoms with van der Waals surface area (Å²) in [6.07, 6.45) is 0. The fourth-order valence-corrected chi connectivity index (χ4v) is 1.16. The molecule has 1 aromatic heterocycles. The number of halogens is 1. The molecule has 0 aliphatic heterocycles. The molecule has 0 saturated carbocycles. The van der Waals surface area contributed by atoms with Crippen LogP contribution >= 0.6 is 0 Å². The molecule has 0 bridgehead atoms. The van der Waals surface area contributed by atoms with Crippen LogP contribution in [0.25, 0.3) is 11.3 Å². The number of hydrogen-bond acceptors (Lipinski definition) is 3. The zero-order chi connectivity index (χ0) is 10.1. The first-order valence-corrected chi connectivity index (χ1v) is 4.09. The molecule has 2 aromatic rings. The van der Waals surface area contributed by atoms with E-state index in [0.717, 1.165) is 0 Å². The summed E-state index contributed by atoms with van der Waals surface area (Å²) in [5.74, 6) is 0.0226. The molecular formula is C10H8FNO2. The van der Waals surface area contributed by atoms with Crippen molar-refractivity contribution in [2.45, 2.75) is 6.92 Å². The normalized spacial score (nSPS) is 10.4. The van der Waals surface area contributed by atoms with Crippen LogP contribution in [0.5, 0.6) is 5.75 Å². The van der Waals surface area contributed by atoms with Gasteiger partial charge in [0.05, 0.1) is 0 Å². The lowest BCUT2D eigenvalue weighted by atomic mass is 10.1. The van der Waals surface area contributed by atoms with Gasteiger partial charge in [0.25, 0.3) is 0 Å². The van der Waals surface area contributed by atoms with Gasteiger partial charge >= 0.3 is 0 Å². The summed E-state index contributed by atoms with van der Waals surface area (Å²) in [6, 6.07) is 5.68. The molecule has 0 radical (unpaired) electrons. The maximum atomic E-state index is 12.6. The van der Waals surface area contributed by atoms with Gasteiger partial charge in [0.1, 0.15) is 5.82 Å². The fourth-order valence-electron chi connectivity index (χ4n) is 1.16. The minimum atomic E-state index is -0.326. The van der Waals surface area contributed by atoms with Crippen molar-refractivity contribution in [3.05, 3.63) is 35.8 Å². The molecule has 0 amide bonds. The maximum absolute atomic E-state index is 12.6. The molecular weight excluding hydrogens is 185 g/mol. The number of rotatable bonds is 1. The van der Waals surface area contributed by atoms with Crippen LogP contribution < -0.4 is 0 Å². The summed E-state index contributed by atoms with van der Waals surface area (Å²) in [5.41, 5.74) is 0.961. The second-order valence-corrected chi connectivity index (χ2v) is 2.94. The molecule has 72 valence electrons. The van der Waals surface area contributed by atoms with Gasteiger partial charge in [-0.1, -0.05) is 5.16 Å². The SMILES string of the molecule is Cc1onc(-c2ccc(F)cc2)c1O. The van der Waals surface area contributed by atoms with E-state index in [2.05, 4.69) is 5.16 Å². The predicted octanol–water partition coefficient (Wildman–Crippen LogP) is 2.49. The van der Waals surface area contributed by atoms with Crippen molar-refractivity contribution >= 4 is 0 Å². The molecule has 14 heavy (non-hydrogen) atoms. The highest BCUT2D eigenvalue weighted by atomic mass is 19.1. The van der Waals surface area contributed by atoms with E-state index in [4.69, 9.17) is 4.52 Å². The Morgan fingerprint density at radius 2 is 1.93 bits per heavy atom. The molecule has 4 heteroatoms. The highest BCUT2D eigenvalue weighted by Crippen LogP contribution is 2.30. The van der Waals surface area contributed by atoms with Crippen LogP contribution in [0.3, 0.4) is 0 Å². The van der Waals surface area contributed by atoms with Gasteiger partial charge in [0.15, 0.2) is 17.2 Å². The molecule has 0 aliphatic carbocycles. The van der Waals surface area contributed by atoms with E-state index >= 15 is 0 Å². The summed E-state index contributed by atoms with van der Waals surface area (Å²) in [4.78, 5) is 0. The van der Waals surface area contributed by atoms with Crippen LogP contribution in [-0.2, 0) is 0 Å². The van der Waals surface area contributed by atoms with Crippen LogP contribution in [0.1, 0.15) is 5.76 Å². The van der Waals surface area contributed by atoms with E-state index in [-0.39, 0.29) is 11.6 Å². The van der Waals surface area contributed by atoms with Crippen LogP contribution in [0, 0.1) is 12.7 Å². The third-order valence-corrected chi connectivity index (χ3v) is 1.95. The molecule has 3 nitrogen and oxygen atoms in total. The first-order chi connectivity index (χ1) is 6.68. The molecule has 0 aliphatic rings. The standard InChI is InChI=1S/C10H8FNO2/c1-6-10(13)9(12-14-6)7-2-4-8(11)5-3-7/h2-5,13H,1H3. The average Bonchev–Trinajstić information content (AvgIpc) is 2.50. The van der Waals surface area contributed by atoms with Gasteiger partial charge in [-0.2, -0.15) is 0 Å². The largest absolute Gasteiger partial charge is 0.503 e. The number of aromatic nitrogens is 1. The highest BCUT2D eigenvalue weighted by molar-refractivity contribution is 5.65. The molecule has 1 aromatic carbocycles. The first kappa shape index (κ1) is 8.74. The Labute approximate surface area is 79.8 Å². The Kier molecular flexibility index (Phi) is 1.96. The molecule has 2 rings (SSSR count). The minimum Gasteiger partial charge on any atom is -0.503 e. The van der Waals surface area contributed by atoms with Crippen LogP contribution in [0.2, 0.25) is 0 Å². The number of nitrogens with zero attached hydrogens (tertiary/aromatic N) is 1. The number of aryl methyl sites for hydroxylation is 1. The number of benzene rings is 1. The highest BCUT2D eigenvalue weighted by Gasteiger charge is 2.12. The summed E-state index contributed by atoms with van der Waals surface area (Å²) in [7, 11) is 0. The van der Waals surface area contributed by atoms with E-state index < -0.39 is 0 Å². The van der Waals surface area contributed by atoms with Crippen molar-refractivity contribution in [2.24, 2.45) is 0 Å². The van der Waals surface area contributed by atoms with Crippen LogP contribution in [0.15, 0.2) is 28.8 Å². The molecule has 0 atom stereocenters. The Morgan fingerprint density at radius 1 is 1.29 bits per heavy atom. The van der Waals surface area contributed by atoms with Gasteiger partial charge in [-0.05, 0) is 24.3 Å². The van der Waals surface area contributed by atoms with E-state index in [0.29, 0.717) is 17.0 Å². The van der Waals surface area contributed by atoms with Crippen LogP contribution in [0.4, 0.5) is 4.39 Å². The molecule has 1 N–H and O–H groups in total. The predicted molar refractivity (Wildman–Crippen MR) is 48.3 cm³/mol. The zero-order valence-electron chi connectivity index (χ0n) is 7.49. The first-order valence-electron chi connectivity index (χ1n) is 4.09. The lowest BCUT2D eigenvalue weighted by Gasteiger charge is -1.95. The van der Waals surface area contributed by atoms with E-state index in [9.17, 15) is 9.50 Å². The van der Waals surface area contributed by atoms with Crippen molar-refractivity contribution in [1.29, 1.82) is 0 Å². The Morgan fingerprint density at radius 3 is 2.43 bits per heavy atom. The third kappa shape index (κ3) is 1.35. The van der Waals surface area contributed by atoms with Crippen molar-refractivity contribution in [3.8, 4) is 17.0 Å². The third-order valence-electron chi connectivity index (χ3n) is 1.95. The van der Waals surface area contributed by atoms with Gasteiger partial charge < -0.3 is 9.63 Å². The Bertz CT molecular complexity index is 448. The number of aromatic hydroxyl groups is 1. The smallest absolute Gasteiger partial charge is 0.186 e. The summed E-state index contributed by atoms with van der Waals surface area (Å²) in [6.45, 7) is 1.61. The van der Waals surface area contributed by atoms with Gasteiger partial charge in [-0.3, -0.25) is 0 Å². The van der Waals surface area contributed by atoms with Crippen molar-refractivity contribution in [1.82, 2.24) is 5.16 Å². The average molecular weight is 193 g/mol. The zero-order valence-corrected chi connectivity index (χ0v) is 7.49. The Hall–Kier alpha value is -1.84. The van der Waals surface area contributed by atoms with Crippen molar-refractivity contribution in [2.75, 3.05) is 0 Å². The van der Waals surface area contributed by atoms with E-state index in [1.54, 1.807) is 6.92 Å². The molecule has 0 fully saturated rings. The fraction of sp³-hybridized carbons (Fsp3) is 0.100. The maximum Gasteiger partial charge on any atom is 0.186 e. The van der Waals surface area contributed by atoms with Crippen LogP contribution in [-0.4, -0.2) is 10.3 Å². The van der Waals surface area contributed by atoms with Gasteiger partial charge in [0.2, 0.25) is 0 Å². The summed E-state index contributed by atoms with van der Waals surface area (Å²) >= 11 is 0. The summed E-state index contributed by atoms with van der Waals surface area (Å²) in [5, 5.41) is 13.2.